The number of benzene rings is 2. The number of imidazole rings is 1. The highest BCUT2D eigenvalue weighted by Gasteiger charge is 2.27. The summed E-state index contributed by atoms with van der Waals surface area (Å²) < 4.78 is 2.17. The smallest absolute Gasteiger partial charge is 0.233 e. The highest BCUT2D eigenvalue weighted by atomic mass is 32.2. The van der Waals surface area contributed by atoms with E-state index < -0.39 is 0 Å². The molecule has 1 aromatic heterocycles. The molecule has 0 radical (unpaired) electrons. The molecule has 0 unspecified atom stereocenters. The lowest BCUT2D eigenvalue weighted by Gasteiger charge is -2.36. The summed E-state index contributed by atoms with van der Waals surface area (Å²) >= 11 is 1.52. The molecular weight excluding hydrogens is 354 g/mol. The molecule has 2 aromatic carbocycles. The van der Waals surface area contributed by atoms with Crippen molar-refractivity contribution >= 4 is 28.7 Å². The molecule has 0 aliphatic rings. The van der Waals surface area contributed by atoms with Crippen molar-refractivity contribution in [2.24, 2.45) is 0 Å². The minimum atomic E-state index is -0.238. The van der Waals surface area contributed by atoms with Gasteiger partial charge in [0.25, 0.3) is 0 Å². The first-order valence-corrected chi connectivity index (χ1v) is 10.3. The van der Waals surface area contributed by atoms with E-state index in [1.807, 2.05) is 41.3 Å². The Hall–Kier alpha value is -2.27. The number of rotatable bonds is 6. The number of aromatic nitrogens is 2. The predicted molar refractivity (Wildman–Crippen MR) is 113 cm³/mol. The van der Waals surface area contributed by atoms with Crippen molar-refractivity contribution in [1.82, 2.24) is 14.5 Å². The number of aryl methyl sites for hydroxylation is 1. The molecule has 0 saturated carbocycles. The maximum atomic E-state index is 13.1. The second kappa shape index (κ2) is 8.17. The van der Waals surface area contributed by atoms with E-state index in [9.17, 15) is 4.79 Å². The number of nitrogens with zero attached hydrogens (tertiary/aromatic N) is 3. The fourth-order valence-electron chi connectivity index (χ4n) is 3.14. The summed E-state index contributed by atoms with van der Waals surface area (Å²) in [6.45, 7) is 9.81. The summed E-state index contributed by atoms with van der Waals surface area (Å²) in [7, 11) is 0. The number of hydrogen-bond acceptors (Lipinski definition) is 3. The van der Waals surface area contributed by atoms with E-state index in [1.54, 1.807) is 0 Å². The van der Waals surface area contributed by atoms with Crippen LogP contribution < -0.4 is 0 Å². The van der Waals surface area contributed by atoms with Crippen LogP contribution in [0.25, 0.3) is 11.0 Å². The van der Waals surface area contributed by atoms with Crippen LogP contribution in [0, 0.1) is 0 Å². The van der Waals surface area contributed by atoms with Gasteiger partial charge in [-0.05, 0) is 45.4 Å². The van der Waals surface area contributed by atoms with Crippen LogP contribution in [0.4, 0.5) is 0 Å². The van der Waals surface area contributed by atoms with Gasteiger partial charge < -0.3 is 9.47 Å². The standard InChI is InChI=1S/C22H27N3OS/c1-5-24-19-14-10-9-13-18(19)23-21(24)27-16-20(26)25(22(2,3)4)15-17-11-7-6-8-12-17/h6-14H,5,15-16H2,1-4H3. The van der Waals surface area contributed by atoms with Gasteiger partial charge in [-0.25, -0.2) is 4.98 Å². The van der Waals surface area contributed by atoms with Crippen LogP contribution in [0.5, 0.6) is 0 Å². The third kappa shape index (κ3) is 4.53. The van der Waals surface area contributed by atoms with Crippen molar-refractivity contribution in [1.29, 1.82) is 0 Å². The van der Waals surface area contributed by atoms with Crippen LogP contribution in [0.2, 0.25) is 0 Å². The van der Waals surface area contributed by atoms with Crippen molar-refractivity contribution in [2.75, 3.05) is 5.75 Å². The average molecular weight is 382 g/mol. The first kappa shape index (κ1) is 19.5. The minimum absolute atomic E-state index is 0.131. The van der Waals surface area contributed by atoms with Crippen LogP contribution in [0.3, 0.4) is 0 Å². The van der Waals surface area contributed by atoms with Gasteiger partial charge in [-0.15, -0.1) is 0 Å². The molecule has 0 spiro atoms. The minimum Gasteiger partial charge on any atom is -0.333 e. The lowest BCUT2D eigenvalue weighted by molar-refractivity contribution is -0.133. The molecule has 27 heavy (non-hydrogen) atoms. The second-order valence-electron chi connectivity index (χ2n) is 7.55. The van der Waals surface area contributed by atoms with Gasteiger partial charge in [0, 0.05) is 18.6 Å². The third-order valence-electron chi connectivity index (χ3n) is 4.55. The Balaban J connectivity index is 1.76. The molecule has 1 heterocycles. The summed E-state index contributed by atoms with van der Waals surface area (Å²) in [6.07, 6.45) is 0. The topological polar surface area (TPSA) is 38.1 Å². The summed E-state index contributed by atoms with van der Waals surface area (Å²) in [5.41, 5.74) is 3.00. The van der Waals surface area contributed by atoms with Crippen LogP contribution in [-0.2, 0) is 17.9 Å². The Morgan fingerprint density at radius 3 is 2.41 bits per heavy atom. The summed E-state index contributed by atoms with van der Waals surface area (Å²) in [5, 5.41) is 0.903. The molecule has 0 bridgehead atoms. The molecule has 0 aliphatic heterocycles. The van der Waals surface area contributed by atoms with E-state index in [0.717, 1.165) is 28.3 Å². The number of amides is 1. The molecule has 3 aromatic rings. The zero-order chi connectivity index (χ0) is 19.4. The van der Waals surface area contributed by atoms with Gasteiger partial charge in [0.1, 0.15) is 0 Å². The highest BCUT2D eigenvalue weighted by molar-refractivity contribution is 7.99. The molecule has 0 saturated heterocycles. The van der Waals surface area contributed by atoms with Crippen LogP contribution >= 0.6 is 11.8 Å². The Labute approximate surface area is 165 Å². The van der Waals surface area contributed by atoms with E-state index in [-0.39, 0.29) is 11.4 Å². The van der Waals surface area contributed by atoms with E-state index in [4.69, 9.17) is 4.98 Å². The number of para-hydroxylation sites is 2. The van der Waals surface area contributed by atoms with Gasteiger partial charge in [0.15, 0.2) is 5.16 Å². The van der Waals surface area contributed by atoms with Crippen LogP contribution in [0.1, 0.15) is 33.3 Å². The summed E-state index contributed by atoms with van der Waals surface area (Å²) in [6, 6.07) is 18.3. The first-order chi connectivity index (χ1) is 12.9. The second-order valence-corrected chi connectivity index (χ2v) is 8.49. The maximum absolute atomic E-state index is 13.1. The molecule has 3 rings (SSSR count). The van der Waals surface area contributed by atoms with E-state index in [2.05, 4.69) is 50.5 Å². The predicted octanol–water partition coefficient (Wildman–Crippen LogP) is 4.98. The monoisotopic (exact) mass is 381 g/mol. The maximum Gasteiger partial charge on any atom is 0.233 e. The summed E-state index contributed by atoms with van der Waals surface area (Å²) in [5.74, 6) is 0.513. The average Bonchev–Trinajstić information content (AvgIpc) is 3.01. The molecule has 1 amide bonds. The molecule has 142 valence electrons. The van der Waals surface area contributed by atoms with Crippen LogP contribution in [0.15, 0.2) is 59.8 Å². The zero-order valence-corrected chi connectivity index (χ0v) is 17.3. The Morgan fingerprint density at radius 2 is 1.74 bits per heavy atom. The SMILES string of the molecule is CCn1c(SCC(=O)N(Cc2ccccc2)C(C)(C)C)nc2ccccc21. The molecular formula is C22H27N3OS. The zero-order valence-electron chi connectivity index (χ0n) is 16.5. The number of carbonyl (C=O) groups excluding carboxylic acids is 1. The number of thioether (sulfide) groups is 1. The fraction of sp³-hybridized carbons (Fsp3) is 0.364. The Bertz CT molecular complexity index is 912. The van der Waals surface area contributed by atoms with E-state index >= 15 is 0 Å². The summed E-state index contributed by atoms with van der Waals surface area (Å²) in [4.78, 5) is 19.7. The van der Waals surface area contributed by atoms with Crippen molar-refractivity contribution in [3.63, 3.8) is 0 Å². The molecule has 0 aliphatic carbocycles. The van der Waals surface area contributed by atoms with E-state index in [1.165, 1.54) is 11.8 Å². The fourth-order valence-corrected chi connectivity index (χ4v) is 4.09. The number of fused-ring (bicyclic) bond motifs is 1. The molecule has 5 heteroatoms. The Morgan fingerprint density at radius 1 is 1.07 bits per heavy atom. The van der Waals surface area contributed by atoms with Crippen molar-refractivity contribution < 1.29 is 4.79 Å². The van der Waals surface area contributed by atoms with Gasteiger partial charge in [0.2, 0.25) is 5.91 Å². The lowest BCUT2D eigenvalue weighted by Crippen LogP contribution is -2.45. The van der Waals surface area contributed by atoms with Crippen LogP contribution in [-0.4, -0.2) is 31.6 Å². The number of carbonyl (C=O) groups is 1. The van der Waals surface area contributed by atoms with Crippen molar-refractivity contribution in [3.8, 4) is 0 Å². The first-order valence-electron chi connectivity index (χ1n) is 9.32. The normalized spacial score (nSPS) is 11.7. The Kier molecular flexibility index (Phi) is 5.90. The molecule has 0 N–H and O–H groups in total. The van der Waals surface area contributed by atoms with Crippen molar-refractivity contribution in [3.05, 3.63) is 60.2 Å². The van der Waals surface area contributed by atoms with E-state index in [0.29, 0.717) is 12.3 Å². The molecule has 0 fully saturated rings. The van der Waals surface area contributed by atoms with Gasteiger partial charge >= 0.3 is 0 Å². The van der Waals surface area contributed by atoms with Gasteiger partial charge in [-0.1, -0.05) is 54.2 Å². The van der Waals surface area contributed by atoms with Gasteiger partial charge in [0.05, 0.1) is 16.8 Å². The lowest BCUT2D eigenvalue weighted by atomic mass is 10.0. The van der Waals surface area contributed by atoms with Gasteiger partial charge in [-0.2, -0.15) is 0 Å². The van der Waals surface area contributed by atoms with Gasteiger partial charge in [-0.3, -0.25) is 4.79 Å². The molecule has 0 atom stereocenters. The highest BCUT2D eigenvalue weighted by Crippen LogP contribution is 2.26. The van der Waals surface area contributed by atoms with Crippen molar-refractivity contribution in [2.45, 2.75) is 51.5 Å². The number of hydrogen-bond donors (Lipinski definition) is 0. The largest absolute Gasteiger partial charge is 0.333 e. The third-order valence-corrected chi connectivity index (χ3v) is 5.52. The quantitative estimate of drug-likeness (QED) is 0.566. The molecule has 4 nitrogen and oxygen atoms in total.